The molecule has 0 aliphatic rings. The molecule has 0 amide bonds. The van der Waals surface area contributed by atoms with Crippen LogP contribution in [0.5, 0.6) is 0 Å². The van der Waals surface area contributed by atoms with E-state index in [0.29, 0.717) is 12.4 Å². The smallest absolute Gasteiger partial charge is 0.293 e. The van der Waals surface area contributed by atoms with E-state index in [1.807, 2.05) is 0 Å². The summed E-state index contributed by atoms with van der Waals surface area (Å²) in [7, 11) is 0. The first-order valence-electron chi connectivity index (χ1n) is 2.37. The van der Waals surface area contributed by atoms with Crippen LogP contribution in [-0.4, -0.2) is 11.5 Å². The van der Waals surface area contributed by atoms with E-state index >= 15 is 0 Å². The van der Waals surface area contributed by atoms with Gasteiger partial charge >= 0.3 is 0 Å². The van der Waals surface area contributed by atoms with Crippen molar-refractivity contribution in [2.75, 3.05) is 0 Å². The normalized spacial score (nSPS) is 8.89. The molecule has 48 valence electrons. The zero-order valence-electron chi connectivity index (χ0n) is 4.61. The lowest BCUT2D eigenvalue weighted by Crippen LogP contribution is -1.88. The summed E-state index contributed by atoms with van der Waals surface area (Å²) < 4.78 is 9.08. The van der Waals surface area contributed by atoms with Crippen LogP contribution in [0.1, 0.15) is 5.89 Å². The third kappa shape index (κ3) is 1.56. The Balaban J connectivity index is 2.38. The van der Waals surface area contributed by atoms with Gasteiger partial charge in [-0.2, -0.15) is 0 Å². The molecule has 0 saturated heterocycles. The average Bonchev–Trinajstić information content (AvgIpc) is 2.34. The predicted octanol–water partition coefficient (Wildman–Crippen LogP) is 0.348. The Morgan fingerprint density at radius 2 is 2.78 bits per heavy atom. The number of aromatic nitrogens is 1. The van der Waals surface area contributed by atoms with E-state index in [1.54, 1.807) is 0 Å². The van der Waals surface area contributed by atoms with Crippen molar-refractivity contribution in [2.45, 2.75) is 6.61 Å². The quantitative estimate of drug-likeness (QED) is 0.549. The number of oxazole rings is 1. The lowest BCUT2D eigenvalue weighted by atomic mass is 10.7. The number of hydrogen-bond acceptors (Lipinski definition) is 4. The molecule has 1 heterocycles. The minimum Gasteiger partial charge on any atom is -0.458 e. The number of nitrogens with zero attached hydrogens (tertiary/aromatic N) is 1. The largest absolute Gasteiger partial charge is 0.458 e. The summed E-state index contributed by atoms with van der Waals surface area (Å²) in [5.41, 5.74) is 0. The molecule has 0 N–H and O–H groups in total. The van der Waals surface area contributed by atoms with E-state index in [2.05, 4.69) is 9.72 Å². The maximum atomic E-state index is 9.61. The second-order valence-electron chi connectivity index (χ2n) is 1.33. The average molecular weight is 127 g/mol. The van der Waals surface area contributed by atoms with Gasteiger partial charge in [0.15, 0.2) is 6.61 Å². The van der Waals surface area contributed by atoms with Crippen LogP contribution >= 0.6 is 0 Å². The second kappa shape index (κ2) is 2.86. The molecule has 0 unspecified atom stereocenters. The molecule has 1 aromatic rings. The van der Waals surface area contributed by atoms with Crippen molar-refractivity contribution in [1.82, 2.24) is 4.98 Å². The first-order valence-corrected chi connectivity index (χ1v) is 2.37. The van der Waals surface area contributed by atoms with E-state index in [0.717, 1.165) is 0 Å². The van der Waals surface area contributed by atoms with E-state index in [1.165, 1.54) is 12.5 Å². The maximum Gasteiger partial charge on any atom is 0.293 e. The molecule has 1 rings (SSSR count). The Bertz CT molecular complexity index is 170. The van der Waals surface area contributed by atoms with Crippen LogP contribution in [0.2, 0.25) is 0 Å². The Hall–Kier alpha value is -1.32. The fourth-order valence-electron chi connectivity index (χ4n) is 0.430. The Labute approximate surface area is 51.5 Å². The molecule has 0 bridgehead atoms. The lowest BCUT2D eigenvalue weighted by molar-refractivity contribution is -0.130. The topological polar surface area (TPSA) is 52.3 Å². The summed E-state index contributed by atoms with van der Waals surface area (Å²) in [5.74, 6) is 0.405. The third-order valence-corrected chi connectivity index (χ3v) is 0.758. The van der Waals surface area contributed by atoms with Gasteiger partial charge in [-0.25, -0.2) is 4.98 Å². The van der Waals surface area contributed by atoms with E-state index in [4.69, 9.17) is 4.42 Å². The van der Waals surface area contributed by atoms with Crippen LogP contribution in [0.3, 0.4) is 0 Å². The first-order chi connectivity index (χ1) is 4.43. The highest BCUT2D eigenvalue weighted by molar-refractivity contribution is 5.36. The summed E-state index contributed by atoms with van der Waals surface area (Å²) in [6.07, 6.45) is 2.91. The SMILES string of the molecule is O=COCc1ncco1. The van der Waals surface area contributed by atoms with Crippen LogP contribution in [0.25, 0.3) is 0 Å². The van der Waals surface area contributed by atoms with E-state index in [9.17, 15) is 4.79 Å². The molecule has 0 atom stereocenters. The summed E-state index contributed by atoms with van der Waals surface area (Å²) in [4.78, 5) is 13.3. The van der Waals surface area contributed by atoms with Crippen molar-refractivity contribution in [1.29, 1.82) is 0 Å². The van der Waals surface area contributed by atoms with Gasteiger partial charge in [0, 0.05) is 0 Å². The van der Waals surface area contributed by atoms with Gasteiger partial charge in [0.25, 0.3) is 6.47 Å². The summed E-state index contributed by atoms with van der Waals surface area (Å²) >= 11 is 0. The van der Waals surface area contributed by atoms with Crippen LogP contribution in [0.4, 0.5) is 0 Å². The molecular formula is C5H5NO3. The summed E-state index contributed by atoms with van der Waals surface area (Å²) in [6, 6.07) is 0. The van der Waals surface area contributed by atoms with Gasteiger partial charge in [0.2, 0.25) is 5.89 Å². The molecular weight excluding hydrogens is 122 g/mol. The predicted molar refractivity (Wildman–Crippen MR) is 27.4 cm³/mol. The first kappa shape index (κ1) is 5.81. The highest BCUT2D eigenvalue weighted by Crippen LogP contribution is 1.94. The molecule has 0 aromatic carbocycles. The van der Waals surface area contributed by atoms with Gasteiger partial charge in [-0.05, 0) is 0 Å². The second-order valence-corrected chi connectivity index (χ2v) is 1.33. The number of carbonyl (C=O) groups excluding carboxylic acids is 1. The zero-order chi connectivity index (χ0) is 6.53. The molecule has 4 nitrogen and oxygen atoms in total. The van der Waals surface area contributed by atoms with Crippen molar-refractivity contribution in [3.63, 3.8) is 0 Å². The van der Waals surface area contributed by atoms with Gasteiger partial charge in [-0.15, -0.1) is 0 Å². The van der Waals surface area contributed by atoms with Crippen molar-refractivity contribution in [2.24, 2.45) is 0 Å². The van der Waals surface area contributed by atoms with Gasteiger partial charge in [-0.3, -0.25) is 4.79 Å². The van der Waals surface area contributed by atoms with Crippen LogP contribution < -0.4 is 0 Å². The van der Waals surface area contributed by atoms with Gasteiger partial charge < -0.3 is 9.15 Å². The minimum atomic E-state index is 0.108. The highest BCUT2D eigenvalue weighted by Gasteiger charge is 1.93. The minimum absolute atomic E-state index is 0.108. The van der Waals surface area contributed by atoms with Crippen molar-refractivity contribution in [3.8, 4) is 0 Å². The fourth-order valence-corrected chi connectivity index (χ4v) is 0.430. The monoisotopic (exact) mass is 127 g/mol. The van der Waals surface area contributed by atoms with Gasteiger partial charge in [-0.1, -0.05) is 0 Å². The van der Waals surface area contributed by atoms with Crippen LogP contribution in [0.15, 0.2) is 16.9 Å². The van der Waals surface area contributed by atoms with Gasteiger partial charge in [0.05, 0.1) is 6.20 Å². The summed E-state index contributed by atoms with van der Waals surface area (Å²) in [6.45, 7) is 0.459. The zero-order valence-corrected chi connectivity index (χ0v) is 4.61. The molecule has 0 aliphatic heterocycles. The Morgan fingerprint density at radius 3 is 3.33 bits per heavy atom. The third-order valence-electron chi connectivity index (χ3n) is 0.758. The highest BCUT2D eigenvalue weighted by atomic mass is 16.5. The fraction of sp³-hybridized carbons (Fsp3) is 0.200. The van der Waals surface area contributed by atoms with Crippen LogP contribution in [0, 0.1) is 0 Å². The van der Waals surface area contributed by atoms with Crippen molar-refractivity contribution in [3.05, 3.63) is 18.4 Å². The molecule has 9 heavy (non-hydrogen) atoms. The Kier molecular flexibility index (Phi) is 1.85. The maximum absolute atomic E-state index is 9.61. The molecule has 1 aromatic heterocycles. The number of rotatable bonds is 3. The summed E-state index contributed by atoms with van der Waals surface area (Å²) in [5, 5.41) is 0. The molecule has 0 spiro atoms. The Morgan fingerprint density at radius 1 is 1.89 bits per heavy atom. The molecule has 0 aliphatic carbocycles. The molecule has 0 radical (unpaired) electrons. The molecule has 0 saturated carbocycles. The standard InChI is InChI=1S/C5H5NO3/c7-4-8-3-5-6-1-2-9-5/h1-2,4H,3H2. The number of hydrogen-bond donors (Lipinski definition) is 0. The molecule has 0 fully saturated rings. The molecule has 4 heteroatoms. The number of ether oxygens (including phenoxy) is 1. The van der Waals surface area contributed by atoms with E-state index < -0.39 is 0 Å². The van der Waals surface area contributed by atoms with Crippen LogP contribution in [-0.2, 0) is 16.1 Å². The van der Waals surface area contributed by atoms with Crippen molar-refractivity contribution >= 4 is 6.47 Å². The lowest BCUT2D eigenvalue weighted by Gasteiger charge is -1.88. The van der Waals surface area contributed by atoms with E-state index in [-0.39, 0.29) is 6.61 Å². The number of carbonyl (C=O) groups is 1. The van der Waals surface area contributed by atoms with Gasteiger partial charge in [0.1, 0.15) is 6.26 Å². The van der Waals surface area contributed by atoms with Crippen molar-refractivity contribution < 1.29 is 13.9 Å².